The van der Waals surface area contributed by atoms with Gasteiger partial charge in [-0.3, -0.25) is 4.79 Å². The molecule has 2 fully saturated rings. The number of rotatable bonds is 8. The Morgan fingerprint density at radius 3 is 2.52 bits per heavy atom. The molecule has 1 saturated heterocycles. The van der Waals surface area contributed by atoms with Crippen LogP contribution in [-0.2, 0) is 14.8 Å². The molecule has 3 rings (SSSR count). The van der Waals surface area contributed by atoms with Gasteiger partial charge in [0.2, 0.25) is 15.9 Å². The van der Waals surface area contributed by atoms with Gasteiger partial charge >= 0.3 is 0 Å². The summed E-state index contributed by atoms with van der Waals surface area (Å²) >= 11 is 0. The van der Waals surface area contributed by atoms with Crippen molar-refractivity contribution in [2.24, 2.45) is 5.92 Å². The molecule has 0 atom stereocenters. The van der Waals surface area contributed by atoms with E-state index in [1.807, 2.05) is 6.07 Å². The van der Waals surface area contributed by atoms with Crippen molar-refractivity contribution in [2.45, 2.75) is 51.9 Å². The SMILES string of the molecule is Cc1cccc(N2CCN(S(=O)(=O)CCCNC(=O)CC3CCCCC3)CC2)c1. The number of nitrogens with one attached hydrogen (secondary N) is 1. The number of anilines is 1. The van der Waals surface area contributed by atoms with Crippen LogP contribution in [0.25, 0.3) is 0 Å². The Hall–Kier alpha value is -1.60. The molecule has 0 spiro atoms. The normalized spacial score (nSPS) is 19.3. The second-order valence-corrected chi connectivity index (χ2v) is 10.5. The zero-order valence-corrected chi connectivity index (χ0v) is 18.4. The highest BCUT2D eigenvalue weighted by Gasteiger charge is 2.26. The summed E-state index contributed by atoms with van der Waals surface area (Å²) in [7, 11) is -3.27. The van der Waals surface area contributed by atoms with Crippen molar-refractivity contribution >= 4 is 21.6 Å². The summed E-state index contributed by atoms with van der Waals surface area (Å²) in [6.45, 7) is 4.96. The molecule has 1 aromatic carbocycles. The molecule has 1 aromatic rings. The average molecular weight is 422 g/mol. The van der Waals surface area contributed by atoms with Gasteiger partial charge in [-0.25, -0.2) is 8.42 Å². The summed E-state index contributed by atoms with van der Waals surface area (Å²) in [5, 5.41) is 2.91. The molecule has 1 heterocycles. The Balaban J connectivity index is 1.36. The molecule has 29 heavy (non-hydrogen) atoms. The Bertz CT molecular complexity index is 767. The summed E-state index contributed by atoms with van der Waals surface area (Å²) < 4.78 is 26.9. The van der Waals surface area contributed by atoms with E-state index in [4.69, 9.17) is 0 Å². The standard InChI is InChI=1S/C22H35N3O3S/c1-19-7-5-10-21(17-19)24-12-14-25(15-13-24)29(27,28)16-6-11-23-22(26)18-20-8-3-2-4-9-20/h5,7,10,17,20H,2-4,6,8-9,11-16,18H2,1H3,(H,23,26). The zero-order valence-electron chi connectivity index (χ0n) is 17.6. The first kappa shape index (κ1) is 22.1. The number of carbonyl (C=O) groups is 1. The summed E-state index contributed by atoms with van der Waals surface area (Å²) in [4.78, 5) is 14.3. The molecule has 2 aliphatic rings. The maximum atomic E-state index is 12.6. The van der Waals surface area contributed by atoms with Crippen LogP contribution in [-0.4, -0.2) is 57.1 Å². The Labute approximate surface area is 175 Å². The van der Waals surface area contributed by atoms with Crippen molar-refractivity contribution in [3.8, 4) is 0 Å². The Morgan fingerprint density at radius 2 is 1.83 bits per heavy atom. The van der Waals surface area contributed by atoms with E-state index in [0.717, 1.165) is 18.5 Å². The summed E-state index contributed by atoms with van der Waals surface area (Å²) in [5.74, 6) is 0.680. The molecule has 1 N–H and O–H groups in total. The van der Waals surface area contributed by atoms with Crippen LogP contribution in [0.4, 0.5) is 5.69 Å². The fourth-order valence-corrected chi connectivity index (χ4v) is 5.87. The van der Waals surface area contributed by atoms with E-state index < -0.39 is 10.0 Å². The van der Waals surface area contributed by atoms with Crippen molar-refractivity contribution in [3.63, 3.8) is 0 Å². The summed E-state index contributed by atoms with van der Waals surface area (Å²) in [6, 6.07) is 8.32. The van der Waals surface area contributed by atoms with Gasteiger partial charge in [0.15, 0.2) is 0 Å². The molecular formula is C22H35N3O3S. The molecule has 0 bridgehead atoms. The molecule has 1 saturated carbocycles. The highest BCUT2D eigenvalue weighted by Crippen LogP contribution is 2.26. The maximum Gasteiger partial charge on any atom is 0.220 e. The van der Waals surface area contributed by atoms with Crippen LogP contribution in [0.15, 0.2) is 24.3 Å². The third kappa shape index (κ3) is 6.71. The van der Waals surface area contributed by atoms with Gasteiger partial charge < -0.3 is 10.2 Å². The third-order valence-corrected chi connectivity index (χ3v) is 8.06. The van der Waals surface area contributed by atoms with Crippen LogP contribution in [0, 0.1) is 12.8 Å². The van der Waals surface area contributed by atoms with Gasteiger partial charge in [0.05, 0.1) is 5.75 Å². The smallest absolute Gasteiger partial charge is 0.220 e. The van der Waals surface area contributed by atoms with Crippen molar-refractivity contribution in [1.82, 2.24) is 9.62 Å². The molecule has 1 aliphatic heterocycles. The van der Waals surface area contributed by atoms with Crippen LogP contribution >= 0.6 is 0 Å². The highest BCUT2D eigenvalue weighted by atomic mass is 32.2. The number of benzene rings is 1. The molecule has 7 heteroatoms. The Morgan fingerprint density at radius 1 is 1.10 bits per heavy atom. The van der Waals surface area contributed by atoms with Gasteiger partial charge in [0.1, 0.15) is 0 Å². The number of hydrogen-bond donors (Lipinski definition) is 1. The first-order valence-corrected chi connectivity index (χ1v) is 12.6. The van der Waals surface area contributed by atoms with Crippen molar-refractivity contribution < 1.29 is 13.2 Å². The molecule has 1 aliphatic carbocycles. The lowest BCUT2D eigenvalue weighted by Gasteiger charge is -2.35. The van der Waals surface area contributed by atoms with Gasteiger partial charge in [-0.05, 0) is 49.8 Å². The summed E-state index contributed by atoms with van der Waals surface area (Å²) in [6.07, 6.45) is 7.10. The first-order valence-electron chi connectivity index (χ1n) is 11.0. The fraction of sp³-hybridized carbons (Fsp3) is 0.682. The third-order valence-electron chi connectivity index (χ3n) is 6.10. The van der Waals surface area contributed by atoms with Crippen molar-refractivity contribution in [1.29, 1.82) is 0 Å². The second kappa shape index (κ2) is 10.4. The van der Waals surface area contributed by atoms with Gasteiger partial charge in [-0.1, -0.05) is 31.4 Å². The van der Waals surface area contributed by atoms with E-state index in [1.165, 1.54) is 24.8 Å². The number of amides is 1. The van der Waals surface area contributed by atoms with Crippen LogP contribution in [0.3, 0.4) is 0 Å². The van der Waals surface area contributed by atoms with E-state index in [1.54, 1.807) is 4.31 Å². The van der Waals surface area contributed by atoms with E-state index in [2.05, 4.69) is 35.3 Å². The number of hydrogen-bond acceptors (Lipinski definition) is 4. The van der Waals surface area contributed by atoms with Crippen molar-refractivity contribution in [3.05, 3.63) is 29.8 Å². The molecule has 1 amide bonds. The molecule has 6 nitrogen and oxygen atoms in total. The monoisotopic (exact) mass is 421 g/mol. The molecular weight excluding hydrogens is 386 g/mol. The number of sulfonamides is 1. The largest absolute Gasteiger partial charge is 0.369 e. The summed E-state index contributed by atoms with van der Waals surface area (Å²) in [5.41, 5.74) is 2.37. The van der Waals surface area contributed by atoms with Crippen LogP contribution < -0.4 is 10.2 Å². The first-order chi connectivity index (χ1) is 13.9. The molecule has 0 radical (unpaired) electrons. The molecule has 0 unspecified atom stereocenters. The van der Waals surface area contributed by atoms with Gasteiger partial charge in [0, 0.05) is 44.8 Å². The lowest BCUT2D eigenvalue weighted by molar-refractivity contribution is -0.122. The number of piperazine rings is 1. The fourth-order valence-electron chi connectivity index (χ4n) is 4.39. The predicted octanol–water partition coefficient (Wildman–Crippen LogP) is 2.92. The minimum absolute atomic E-state index is 0.0704. The predicted molar refractivity (Wildman–Crippen MR) is 118 cm³/mol. The average Bonchev–Trinajstić information content (AvgIpc) is 2.72. The van der Waals surface area contributed by atoms with E-state index in [9.17, 15) is 13.2 Å². The maximum absolute atomic E-state index is 12.6. The van der Waals surface area contributed by atoms with Crippen LogP contribution in [0.1, 0.15) is 50.5 Å². The van der Waals surface area contributed by atoms with Gasteiger partial charge in [0.25, 0.3) is 0 Å². The minimum atomic E-state index is -3.27. The quantitative estimate of drug-likeness (QED) is 0.655. The van der Waals surface area contributed by atoms with Crippen molar-refractivity contribution in [2.75, 3.05) is 43.4 Å². The lowest BCUT2D eigenvalue weighted by atomic mass is 9.87. The number of aryl methyl sites for hydroxylation is 1. The van der Waals surface area contributed by atoms with E-state index >= 15 is 0 Å². The van der Waals surface area contributed by atoms with Gasteiger partial charge in [-0.2, -0.15) is 4.31 Å². The lowest BCUT2D eigenvalue weighted by Crippen LogP contribution is -2.49. The molecule has 162 valence electrons. The van der Waals surface area contributed by atoms with Crippen LogP contribution in [0.5, 0.6) is 0 Å². The highest BCUT2D eigenvalue weighted by molar-refractivity contribution is 7.89. The number of nitrogens with zero attached hydrogens (tertiary/aromatic N) is 2. The topological polar surface area (TPSA) is 69.7 Å². The number of carbonyl (C=O) groups excluding carboxylic acids is 1. The Kier molecular flexibility index (Phi) is 7.95. The second-order valence-electron chi connectivity index (χ2n) is 8.45. The van der Waals surface area contributed by atoms with E-state index in [0.29, 0.717) is 51.5 Å². The van der Waals surface area contributed by atoms with Crippen LogP contribution in [0.2, 0.25) is 0 Å². The molecule has 0 aromatic heterocycles. The van der Waals surface area contributed by atoms with E-state index in [-0.39, 0.29) is 11.7 Å². The van der Waals surface area contributed by atoms with Gasteiger partial charge in [-0.15, -0.1) is 0 Å². The minimum Gasteiger partial charge on any atom is -0.369 e. The zero-order chi connectivity index (χ0) is 20.7.